The van der Waals surface area contributed by atoms with Gasteiger partial charge >= 0.3 is 0 Å². The zero-order chi connectivity index (χ0) is 20.5. The van der Waals surface area contributed by atoms with Crippen LogP contribution in [0, 0.1) is 0 Å². The first-order chi connectivity index (χ1) is 14.2. The predicted molar refractivity (Wildman–Crippen MR) is 114 cm³/mol. The van der Waals surface area contributed by atoms with Crippen LogP contribution >= 0.6 is 0 Å². The summed E-state index contributed by atoms with van der Waals surface area (Å²) in [6, 6.07) is 18.0. The zero-order valence-corrected chi connectivity index (χ0v) is 16.8. The van der Waals surface area contributed by atoms with Crippen molar-refractivity contribution in [2.75, 3.05) is 25.1 Å². The highest BCUT2D eigenvalue weighted by Gasteiger charge is 2.11. The van der Waals surface area contributed by atoms with Gasteiger partial charge in [-0.25, -0.2) is 9.97 Å². The number of methoxy groups -OCH3 is 1. The average Bonchev–Trinajstić information content (AvgIpc) is 2.78. The van der Waals surface area contributed by atoms with E-state index in [4.69, 9.17) is 4.74 Å². The summed E-state index contributed by atoms with van der Waals surface area (Å²) in [5, 5.41) is 2.91. The standard InChI is InChI=1S/C23H26N4O2/c1-3-27(17-19-8-5-4-6-9-19)23-25-15-20(16-26-23)22(28)24-13-12-18-10-7-11-21(14-18)29-2/h4-11,14-16H,3,12-13,17H2,1-2H3,(H,24,28). The lowest BCUT2D eigenvalue weighted by molar-refractivity contribution is 0.0953. The SMILES string of the molecule is CCN(Cc1ccccc1)c1ncc(C(=O)NCCc2cccc(OC)c2)cn1. The van der Waals surface area contributed by atoms with Gasteiger partial charge in [0.2, 0.25) is 5.95 Å². The Kier molecular flexibility index (Phi) is 7.16. The second-order valence-electron chi connectivity index (χ2n) is 6.63. The minimum absolute atomic E-state index is 0.175. The molecular formula is C23H26N4O2. The summed E-state index contributed by atoms with van der Waals surface area (Å²) < 4.78 is 5.22. The first-order valence-electron chi connectivity index (χ1n) is 9.71. The van der Waals surface area contributed by atoms with Crippen LogP contribution in [0.25, 0.3) is 0 Å². The van der Waals surface area contributed by atoms with Crippen molar-refractivity contribution in [3.63, 3.8) is 0 Å². The van der Waals surface area contributed by atoms with Gasteiger partial charge in [-0.2, -0.15) is 0 Å². The number of nitrogens with zero attached hydrogens (tertiary/aromatic N) is 3. The number of anilines is 1. The molecule has 0 fully saturated rings. The molecule has 0 unspecified atom stereocenters. The molecule has 2 aromatic carbocycles. The lowest BCUT2D eigenvalue weighted by Crippen LogP contribution is -2.27. The number of aromatic nitrogens is 2. The van der Waals surface area contributed by atoms with Gasteiger partial charge in [0.1, 0.15) is 5.75 Å². The molecule has 150 valence electrons. The van der Waals surface area contributed by atoms with Crippen molar-refractivity contribution in [2.24, 2.45) is 0 Å². The molecule has 6 nitrogen and oxygen atoms in total. The summed E-state index contributed by atoms with van der Waals surface area (Å²) in [5.41, 5.74) is 2.75. The molecule has 1 heterocycles. The number of ether oxygens (including phenoxy) is 1. The molecule has 0 aliphatic heterocycles. The third-order valence-electron chi connectivity index (χ3n) is 4.61. The number of hydrogen-bond acceptors (Lipinski definition) is 5. The van der Waals surface area contributed by atoms with Crippen LogP contribution in [0.3, 0.4) is 0 Å². The van der Waals surface area contributed by atoms with E-state index in [1.807, 2.05) is 42.5 Å². The van der Waals surface area contributed by atoms with Crippen molar-refractivity contribution in [3.8, 4) is 5.75 Å². The maximum absolute atomic E-state index is 12.4. The van der Waals surface area contributed by atoms with Gasteiger partial charge in [0.25, 0.3) is 5.91 Å². The van der Waals surface area contributed by atoms with E-state index in [2.05, 4.69) is 39.2 Å². The zero-order valence-electron chi connectivity index (χ0n) is 16.8. The number of hydrogen-bond donors (Lipinski definition) is 1. The summed E-state index contributed by atoms with van der Waals surface area (Å²) in [6.07, 6.45) is 3.89. The molecule has 0 atom stereocenters. The third-order valence-corrected chi connectivity index (χ3v) is 4.61. The lowest BCUT2D eigenvalue weighted by Gasteiger charge is -2.20. The summed E-state index contributed by atoms with van der Waals surface area (Å²) >= 11 is 0. The van der Waals surface area contributed by atoms with Gasteiger partial charge in [-0.1, -0.05) is 42.5 Å². The number of carbonyl (C=O) groups excluding carboxylic acids is 1. The molecule has 29 heavy (non-hydrogen) atoms. The molecule has 0 saturated heterocycles. The molecule has 3 rings (SSSR count). The van der Waals surface area contributed by atoms with Crippen LogP contribution in [0.5, 0.6) is 5.75 Å². The number of carbonyl (C=O) groups is 1. The van der Waals surface area contributed by atoms with E-state index in [-0.39, 0.29) is 5.91 Å². The van der Waals surface area contributed by atoms with Crippen LogP contribution in [-0.4, -0.2) is 36.1 Å². The Bertz CT molecular complexity index is 914. The lowest BCUT2D eigenvalue weighted by atomic mass is 10.1. The second kappa shape index (κ2) is 10.2. The van der Waals surface area contributed by atoms with Crippen molar-refractivity contribution in [1.29, 1.82) is 0 Å². The Morgan fingerprint density at radius 3 is 2.45 bits per heavy atom. The Hall–Kier alpha value is -3.41. The quantitative estimate of drug-likeness (QED) is 0.606. The summed E-state index contributed by atoms with van der Waals surface area (Å²) in [5.74, 6) is 1.25. The van der Waals surface area contributed by atoms with Crippen LogP contribution < -0.4 is 15.0 Å². The first-order valence-corrected chi connectivity index (χ1v) is 9.71. The van der Waals surface area contributed by atoms with Gasteiger partial charge in [-0.05, 0) is 36.6 Å². The van der Waals surface area contributed by atoms with Crippen LogP contribution in [-0.2, 0) is 13.0 Å². The monoisotopic (exact) mass is 390 g/mol. The number of nitrogens with one attached hydrogen (secondary N) is 1. The highest BCUT2D eigenvalue weighted by molar-refractivity contribution is 5.93. The summed E-state index contributed by atoms with van der Waals surface area (Å²) in [7, 11) is 1.64. The Labute approximate surface area is 171 Å². The molecule has 3 aromatic rings. The fourth-order valence-electron chi connectivity index (χ4n) is 2.98. The van der Waals surface area contributed by atoms with Gasteiger partial charge < -0.3 is 15.0 Å². The molecule has 0 saturated carbocycles. The van der Waals surface area contributed by atoms with E-state index >= 15 is 0 Å². The largest absolute Gasteiger partial charge is 0.497 e. The van der Waals surface area contributed by atoms with Crippen LogP contribution in [0.1, 0.15) is 28.4 Å². The molecule has 1 aromatic heterocycles. The van der Waals surface area contributed by atoms with Gasteiger partial charge in [-0.3, -0.25) is 4.79 Å². The van der Waals surface area contributed by atoms with Crippen molar-refractivity contribution in [1.82, 2.24) is 15.3 Å². The number of benzene rings is 2. The van der Waals surface area contributed by atoms with Crippen molar-refractivity contribution in [2.45, 2.75) is 19.9 Å². The molecule has 1 N–H and O–H groups in total. The first kappa shape index (κ1) is 20.3. The smallest absolute Gasteiger partial charge is 0.254 e. The van der Waals surface area contributed by atoms with E-state index < -0.39 is 0 Å². The van der Waals surface area contributed by atoms with Crippen LogP contribution in [0.4, 0.5) is 5.95 Å². The summed E-state index contributed by atoms with van der Waals surface area (Å²) in [4.78, 5) is 23.2. The Morgan fingerprint density at radius 1 is 1.03 bits per heavy atom. The maximum Gasteiger partial charge on any atom is 0.254 e. The Morgan fingerprint density at radius 2 is 1.76 bits per heavy atom. The minimum Gasteiger partial charge on any atom is -0.497 e. The van der Waals surface area contributed by atoms with Crippen molar-refractivity contribution < 1.29 is 9.53 Å². The molecule has 0 bridgehead atoms. The fraction of sp³-hybridized carbons (Fsp3) is 0.261. The van der Waals surface area contributed by atoms with Crippen molar-refractivity contribution >= 4 is 11.9 Å². The maximum atomic E-state index is 12.4. The topological polar surface area (TPSA) is 67.4 Å². The molecule has 0 aliphatic carbocycles. The minimum atomic E-state index is -0.175. The van der Waals surface area contributed by atoms with Gasteiger partial charge in [0.15, 0.2) is 0 Å². The van der Waals surface area contributed by atoms with E-state index in [1.165, 1.54) is 5.56 Å². The molecule has 0 spiro atoms. The van der Waals surface area contributed by atoms with Crippen LogP contribution in [0.15, 0.2) is 67.0 Å². The van der Waals surface area contributed by atoms with E-state index in [0.29, 0.717) is 18.1 Å². The molecule has 1 amide bonds. The van der Waals surface area contributed by atoms with E-state index in [1.54, 1.807) is 19.5 Å². The molecular weight excluding hydrogens is 364 g/mol. The van der Waals surface area contributed by atoms with Crippen LogP contribution in [0.2, 0.25) is 0 Å². The van der Waals surface area contributed by atoms with E-state index in [9.17, 15) is 4.79 Å². The highest BCUT2D eigenvalue weighted by Crippen LogP contribution is 2.13. The number of rotatable bonds is 9. The van der Waals surface area contributed by atoms with Gasteiger partial charge in [0, 0.05) is 32.0 Å². The van der Waals surface area contributed by atoms with Gasteiger partial charge in [0.05, 0.1) is 12.7 Å². The highest BCUT2D eigenvalue weighted by atomic mass is 16.5. The second-order valence-corrected chi connectivity index (χ2v) is 6.63. The molecule has 0 radical (unpaired) electrons. The Balaban J connectivity index is 1.55. The molecule has 0 aliphatic rings. The predicted octanol–water partition coefficient (Wildman–Crippen LogP) is 3.48. The summed E-state index contributed by atoms with van der Waals surface area (Å²) in [6.45, 7) is 4.10. The van der Waals surface area contributed by atoms with E-state index in [0.717, 1.165) is 30.8 Å². The molecule has 6 heteroatoms. The van der Waals surface area contributed by atoms with Gasteiger partial charge in [-0.15, -0.1) is 0 Å². The normalized spacial score (nSPS) is 10.4. The average molecular weight is 390 g/mol. The van der Waals surface area contributed by atoms with Crippen molar-refractivity contribution in [3.05, 3.63) is 83.7 Å². The third kappa shape index (κ3) is 5.78. The fourth-order valence-corrected chi connectivity index (χ4v) is 2.98. The number of amides is 1.